The molecular formula is C8H11N3O. The van der Waals surface area contributed by atoms with Crippen molar-refractivity contribution in [2.45, 2.75) is 19.3 Å². The van der Waals surface area contributed by atoms with E-state index in [4.69, 9.17) is 10.5 Å². The molecule has 0 radical (unpaired) electrons. The first-order valence-electron chi connectivity index (χ1n) is 3.88. The summed E-state index contributed by atoms with van der Waals surface area (Å²) in [7, 11) is 0. The van der Waals surface area contributed by atoms with Crippen LogP contribution in [0, 0.1) is 0 Å². The number of nitrogens with zero attached hydrogens (tertiary/aromatic N) is 1. The Morgan fingerprint density at radius 1 is 1.58 bits per heavy atom. The average Bonchev–Trinajstić information content (AvgIpc) is 2.66. The van der Waals surface area contributed by atoms with Crippen molar-refractivity contribution in [1.82, 2.24) is 4.98 Å². The smallest absolute Gasteiger partial charge is 0.154 e. The van der Waals surface area contributed by atoms with E-state index in [0.29, 0.717) is 11.8 Å². The molecule has 0 bridgehead atoms. The van der Waals surface area contributed by atoms with Gasteiger partial charge in [-0.05, 0) is 13.0 Å². The van der Waals surface area contributed by atoms with Crippen molar-refractivity contribution < 1.29 is 4.74 Å². The molecule has 2 unspecified atom stereocenters. The lowest BCUT2D eigenvalue weighted by Gasteiger charge is -2.01. The number of hydrogen-bond donors (Lipinski definition) is 2. The summed E-state index contributed by atoms with van der Waals surface area (Å²) < 4.78 is 5.18. The molecule has 0 aromatic carbocycles. The third kappa shape index (κ3) is 1.48. The van der Waals surface area contributed by atoms with Crippen LogP contribution < -0.4 is 11.1 Å². The van der Waals surface area contributed by atoms with E-state index < -0.39 is 0 Å². The fraction of sp³-hybridized carbons (Fsp3) is 0.375. The third-order valence-electron chi connectivity index (χ3n) is 1.78. The van der Waals surface area contributed by atoms with Gasteiger partial charge in [0.15, 0.2) is 6.23 Å². The van der Waals surface area contributed by atoms with Gasteiger partial charge in [-0.2, -0.15) is 0 Å². The van der Waals surface area contributed by atoms with Crippen LogP contribution >= 0.6 is 0 Å². The van der Waals surface area contributed by atoms with Crippen LogP contribution in [-0.2, 0) is 4.74 Å². The van der Waals surface area contributed by atoms with Crippen molar-refractivity contribution in [2.75, 3.05) is 11.1 Å². The molecule has 4 heteroatoms. The van der Waals surface area contributed by atoms with Crippen LogP contribution in [0.1, 0.15) is 6.92 Å². The second-order valence-electron chi connectivity index (χ2n) is 2.91. The van der Waals surface area contributed by atoms with Gasteiger partial charge in [0.25, 0.3) is 0 Å². The minimum absolute atomic E-state index is 0.133. The van der Waals surface area contributed by atoms with Crippen molar-refractivity contribution in [3.8, 4) is 0 Å². The van der Waals surface area contributed by atoms with E-state index in [2.05, 4.69) is 10.3 Å². The maximum absolute atomic E-state index is 5.55. The molecule has 0 aliphatic carbocycles. The van der Waals surface area contributed by atoms with Crippen molar-refractivity contribution in [3.63, 3.8) is 0 Å². The van der Waals surface area contributed by atoms with Gasteiger partial charge in [0.05, 0.1) is 17.6 Å². The zero-order valence-electron chi connectivity index (χ0n) is 6.82. The van der Waals surface area contributed by atoms with E-state index in [9.17, 15) is 0 Å². The summed E-state index contributed by atoms with van der Waals surface area (Å²) in [5.41, 5.74) is 7.11. The Morgan fingerprint density at radius 2 is 2.33 bits per heavy atom. The van der Waals surface area contributed by atoms with E-state index >= 15 is 0 Å². The number of nitrogen functional groups attached to an aromatic ring is 1. The molecule has 4 nitrogen and oxygen atoms in total. The highest BCUT2D eigenvalue weighted by Gasteiger charge is 2.33. The molecule has 2 atom stereocenters. The highest BCUT2D eigenvalue weighted by atomic mass is 16.6. The second-order valence-corrected chi connectivity index (χ2v) is 2.91. The molecule has 12 heavy (non-hydrogen) atoms. The number of pyridine rings is 1. The van der Waals surface area contributed by atoms with Gasteiger partial charge < -0.3 is 15.8 Å². The van der Waals surface area contributed by atoms with E-state index in [0.717, 1.165) is 5.69 Å². The zero-order valence-corrected chi connectivity index (χ0v) is 6.82. The Bertz CT molecular complexity index is 289. The predicted molar refractivity (Wildman–Crippen MR) is 46.6 cm³/mol. The summed E-state index contributed by atoms with van der Waals surface area (Å²) in [6, 6.07) is 1.83. The van der Waals surface area contributed by atoms with E-state index in [1.54, 1.807) is 12.4 Å². The normalized spacial score (nSPS) is 26.8. The van der Waals surface area contributed by atoms with Crippen molar-refractivity contribution in [1.29, 1.82) is 0 Å². The third-order valence-corrected chi connectivity index (χ3v) is 1.78. The molecule has 2 rings (SSSR count). The van der Waals surface area contributed by atoms with E-state index in [1.165, 1.54) is 0 Å². The average molecular weight is 165 g/mol. The fourth-order valence-electron chi connectivity index (χ4n) is 1.04. The van der Waals surface area contributed by atoms with Gasteiger partial charge in [-0.1, -0.05) is 0 Å². The lowest BCUT2D eigenvalue weighted by atomic mass is 10.3. The van der Waals surface area contributed by atoms with Crippen LogP contribution in [0.5, 0.6) is 0 Å². The minimum Gasteiger partial charge on any atom is -0.397 e. The second kappa shape index (κ2) is 2.64. The van der Waals surface area contributed by atoms with Gasteiger partial charge in [-0.25, -0.2) is 0 Å². The monoisotopic (exact) mass is 165 g/mol. The number of nitrogens with one attached hydrogen (secondary N) is 1. The first-order valence-corrected chi connectivity index (χ1v) is 3.88. The molecule has 1 aliphatic heterocycles. The molecule has 1 aromatic rings. The molecule has 0 amide bonds. The number of rotatable bonds is 2. The van der Waals surface area contributed by atoms with Gasteiger partial charge in [-0.3, -0.25) is 4.98 Å². The van der Waals surface area contributed by atoms with Gasteiger partial charge >= 0.3 is 0 Å². The number of ether oxygens (including phenoxy) is 1. The number of epoxide rings is 1. The number of anilines is 2. The predicted octanol–water partition coefficient (Wildman–Crippen LogP) is 0.821. The van der Waals surface area contributed by atoms with Crippen LogP contribution in [0.25, 0.3) is 0 Å². The summed E-state index contributed by atoms with van der Waals surface area (Å²) in [6.45, 7) is 2.01. The molecule has 0 spiro atoms. The molecule has 2 heterocycles. The topological polar surface area (TPSA) is 63.5 Å². The Kier molecular flexibility index (Phi) is 1.62. The van der Waals surface area contributed by atoms with E-state index in [1.807, 2.05) is 13.0 Å². The summed E-state index contributed by atoms with van der Waals surface area (Å²) >= 11 is 0. The minimum atomic E-state index is 0.133. The summed E-state index contributed by atoms with van der Waals surface area (Å²) in [4.78, 5) is 3.95. The van der Waals surface area contributed by atoms with Crippen molar-refractivity contribution >= 4 is 11.4 Å². The zero-order chi connectivity index (χ0) is 8.55. The van der Waals surface area contributed by atoms with Crippen molar-refractivity contribution in [3.05, 3.63) is 18.5 Å². The molecule has 64 valence electrons. The molecule has 0 saturated carbocycles. The van der Waals surface area contributed by atoms with Gasteiger partial charge in [0.2, 0.25) is 0 Å². The first-order chi connectivity index (χ1) is 5.75. The van der Waals surface area contributed by atoms with Gasteiger partial charge in [0.1, 0.15) is 6.10 Å². The van der Waals surface area contributed by atoms with Crippen LogP contribution in [0.4, 0.5) is 11.4 Å². The molecule has 3 N–H and O–H groups in total. The van der Waals surface area contributed by atoms with Crippen LogP contribution in [-0.4, -0.2) is 17.3 Å². The molecule has 1 aliphatic rings. The molecule has 1 saturated heterocycles. The molecular weight excluding hydrogens is 154 g/mol. The summed E-state index contributed by atoms with van der Waals surface area (Å²) in [6.07, 6.45) is 3.77. The highest BCUT2D eigenvalue weighted by molar-refractivity contribution is 5.51. The maximum Gasteiger partial charge on any atom is 0.154 e. The Labute approximate surface area is 70.7 Å². The first kappa shape index (κ1) is 7.36. The van der Waals surface area contributed by atoms with Crippen LogP contribution in [0.3, 0.4) is 0 Å². The van der Waals surface area contributed by atoms with Gasteiger partial charge in [0, 0.05) is 6.20 Å². The number of aromatic nitrogens is 1. The van der Waals surface area contributed by atoms with Crippen molar-refractivity contribution in [2.24, 2.45) is 0 Å². The Morgan fingerprint density at radius 3 is 2.92 bits per heavy atom. The summed E-state index contributed by atoms with van der Waals surface area (Å²) in [5.74, 6) is 0. The highest BCUT2D eigenvalue weighted by Crippen LogP contribution is 2.23. The Hall–Kier alpha value is -1.29. The SMILES string of the molecule is CC1OC1Nc1cncc(N)c1. The molecule has 1 fully saturated rings. The maximum atomic E-state index is 5.55. The Balaban J connectivity index is 2.03. The van der Waals surface area contributed by atoms with Gasteiger partial charge in [-0.15, -0.1) is 0 Å². The lowest BCUT2D eigenvalue weighted by molar-refractivity contribution is 0.392. The summed E-state index contributed by atoms with van der Waals surface area (Å²) in [5, 5.41) is 3.14. The lowest BCUT2D eigenvalue weighted by Crippen LogP contribution is -2.05. The number of hydrogen-bond acceptors (Lipinski definition) is 4. The largest absolute Gasteiger partial charge is 0.397 e. The van der Waals surface area contributed by atoms with E-state index in [-0.39, 0.29) is 6.23 Å². The fourth-order valence-corrected chi connectivity index (χ4v) is 1.04. The number of nitrogens with two attached hydrogens (primary N) is 1. The quantitative estimate of drug-likeness (QED) is 0.637. The molecule has 1 aromatic heterocycles. The standard InChI is InChI=1S/C8H11N3O/c1-5-8(12-5)11-7-2-6(9)3-10-4-7/h2-5,8,11H,9H2,1H3. The van der Waals surface area contributed by atoms with Crippen LogP contribution in [0.15, 0.2) is 18.5 Å². The van der Waals surface area contributed by atoms with Crippen LogP contribution in [0.2, 0.25) is 0 Å².